The second-order valence-electron chi connectivity index (χ2n) is 6.61. The van der Waals surface area contributed by atoms with E-state index in [-0.39, 0.29) is 5.91 Å². The molecule has 0 aliphatic carbocycles. The van der Waals surface area contributed by atoms with Crippen molar-refractivity contribution in [3.8, 4) is 0 Å². The number of carbonyl (C=O) groups is 1. The monoisotopic (exact) mass is 412 g/mol. The van der Waals surface area contributed by atoms with Crippen LogP contribution in [0.2, 0.25) is 5.15 Å². The zero-order valence-electron chi connectivity index (χ0n) is 15.5. The minimum Gasteiger partial charge on any atom is -0.368 e. The molecule has 150 valence electrons. The smallest absolute Gasteiger partial charge is 0.368 e. The van der Waals surface area contributed by atoms with E-state index in [1.165, 1.54) is 16.8 Å². The van der Waals surface area contributed by atoms with Gasteiger partial charge in [-0.2, -0.15) is 18.3 Å². The highest BCUT2D eigenvalue weighted by Crippen LogP contribution is 2.32. The molecule has 1 aromatic carbocycles. The van der Waals surface area contributed by atoms with Crippen molar-refractivity contribution in [2.24, 2.45) is 7.05 Å². The predicted octanol–water partition coefficient (Wildman–Crippen LogP) is 3.76. The molecular formula is C19H20ClF3N4O. The molecule has 1 aromatic heterocycles. The first-order valence-corrected chi connectivity index (χ1v) is 9.13. The summed E-state index contributed by atoms with van der Waals surface area (Å²) in [4.78, 5) is 16.0. The van der Waals surface area contributed by atoms with Gasteiger partial charge in [-0.15, -0.1) is 0 Å². The van der Waals surface area contributed by atoms with Crippen molar-refractivity contribution in [3.05, 3.63) is 52.3 Å². The van der Waals surface area contributed by atoms with E-state index in [1.807, 2.05) is 11.8 Å². The maximum absolute atomic E-state index is 12.9. The average Bonchev–Trinajstić information content (AvgIpc) is 2.91. The Balaban J connectivity index is 1.62. The molecule has 0 bridgehead atoms. The number of anilines is 1. The van der Waals surface area contributed by atoms with Gasteiger partial charge in [0, 0.05) is 50.6 Å². The summed E-state index contributed by atoms with van der Waals surface area (Å²) in [7, 11) is 1.72. The molecule has 2 aromatic rings. The molecule has 0 spiro atoms. The lowest BCUT2D eigenvalue weighted by atomic mass is 10.1. The number of aromatic nitrogens is 2. The second-order valence-corrected chi connectivity index (χ2v) is 6.97. The molecule has 1 aliphatic rings. The fourth-order valence-electron chi connectivity index (χ4n) is 3.16. The molecule has 0 unspecified atom stereocenters. The zero-order valence-corrected chi connectivity index (χ0v) is 16.3. The normalized spacial score (nSPS) is 15.5. The van der Waals surface area contributed by atoms with Crippen LogP contribution in [0.3, 0.4) is 0 Å². The van der Waals surface area contributed by atoms with Gasteiger partial charge in [-0.1, -0.05) is 17.7 Å². The first-order valence-electron chi connectivity index (χ1n) is 8.75. The van der Waals surface area contributed by atoms with E-state index in [1.54, 1.807) is 24.1 Å². The predicted molar refractivity (Wildman–Crippen MR) is 102 cm³/mol. The Bertz CT molecular complexity index is 899. The summed E-state index contributed by atoms with van der Waals surface area (Å²) < 4.78 is 40.2. The summed E-state index contributed by atoms with van der Waals surface area (Å²) in [5, 5.41) is 4.65. The molecular weight excluding hydrogens is 393 g/mol. The molecule has 1 amide bonds. The number of rotatable bonds is 3. The van der Waals surface area contributed by atoms with Gasteiger partial charge in [0.1, 0.15) is 5.15 Å². The van der Waals surface area contributed by atoms with Gasteiger partial charge in [0.05, 0.1) is 11.3 Å². The van der Waals surface area contributed by atoms with E-state index in [0.717, 1.165) is 17.8 Å². The summed E-state index contributed by atoms with van der Waals surface area (Å²) in [5.74, 6) is -0.164. The quantitative estimate of drug-likeness (QED) is 0.721. The number of nitrogens with zero attached hydrogens (tertiary/aromatic N) is 4. The third kappa shape index (κ3) is 4.32. The van der Waals surface area contributed by atoms with Crippen LogP contribution in [-0.4, -0.2) is 46.8 Å². The molecule has 28 heavy (non-hydrogen) atoms. The van der Waals surface area contributed by atoms with Crippen LogP contribution in [0.4, 0.5) is 18.9 Å². The maximum Gasteiger partial charge on any atom is 0.416 e. The number of amides is 1. The lowest BCUT2D eigenvalue weighted by molar-refractivity contribution is -0.137. The van der Waals surface area contributed by atoms with Crippen LogP contribution in [0.25, 0.3) is 6.08 Å². The Hall–Kier alpha value is -2.48. The molecule has 0 saturated carbocycles. The Morgan fingerprint density at radius 1 is 1.21 bits per heavy atom. The minimum atomic E-state index is -4.37. The van der Waals surface area contributed by atoms with E-state index in [2.05, 4.69) is 5.10 Å². The summed E-state index contributed by atoms with van der Waals surface area (Å²) >= 11 is 6.15. The third-order valence-electron chi connectivity index (χ3n) is 4.72. The number of benzene rings is 1. The van der Waals surface area contributed by atoms with Gasteiger partial charge in [-0.25, -0.2) is 0 Å². The van der Waals surface area contributed by atoms with Crippen molar-refractivity contribution < 1.29 is 18.0 Å². The van der Waals surface area contributed by atoms with Crippen LogP contribution < -0.4 is 4.90 Å². The Morgan fingerprint density at radius 3 is 2.46 bits per heavy atom. The summed E-state index contributed by atoms with van der Waals surface area (Å²) in [6, 6.07) is 5.25. The number of piperazine rings is 1. The van der Waals surface area contributed by atoms with Crippen molar-refractivity contribution in [1.82, 2.24) is 14.7 Å². The van der Waals surface area contributed by atoms with Crippen LogP contribution in [0.15, 0.2) is 30.3 Å². The average molecular weight is 413 g/mol. The summed E-state index contributed by atoms with van der Waals surface area (Å²) in [6.07, 6.45) is -1.27. The van der Waals surface area contributed by atoms with Gasteiger partial charge in [-0.05, 0) is 31.2 Å². The molecule has 5 nitrogen and oxygen atoms in total. The maximum atomic E-state index is 12.9. The van der Waals surface area contributed by atoms with Crippen LogP contribution in [0.5, 0.6) is 0 Å². The van der Waals surface area contributed by atoms with Crippen molar-refractivity contribution >= 4 is 29.3 Å². The van der Waals surface area contributed by atoms with Crippen molar-refractivity contribution in [1.29, 1.82) is 0 Å². The van der Waals surface area contributed by atoms with Gasteiger partial charge in [0.25, 0.3) is 0 Å². The van der Waals surface area contributed by atoms with Gasteiger partial charge in [0.15, 0.2) is 0 Å². The first kappa shape index (κ1) is 20.3. The van der Waals surface area contributed by atoms with Crippen molar-refractivity contribution in [2.75, 3.05) is 31.1 Å². The molecule has 3 rings (SSSR count). The molecule has 0 radical (unpaired) electrons. The topological polar surface area (TPSA) is 41.4 Å². The second kappa shape index (κ2) is 7.87. The molecule has 9 heteroatoms. The molecule has 0 N–H and O–H groups in total. The fourth-order valence-corrected chi connectivity index (χ4v) is 3.40. The Morgan fingerprint density at radius 2 is 1.89 bits per heavy atom. The SMILES string of the molecule is Cc1nn(C)c(Cl)c1/C=C/C(=O)N1CCN(c2cccc(C(F)(F)F)c2)CC1. The van der Waals surface area contributed by atoms with Crippen LogP contribution >= 0.6 is 11.6 Å². The van der Waals surface area contributed by atoms with Gasteiger partial charge in [0.2, 0.25) is 5.91 Å². The number of hydrogen-bond donors (Lipinski definition) is 0. The molecule has 0 atom stereocenters. The number of carbonyl (C=O) groups excluding carboxylic acids is 1. The largest absolute Gasteiger partial charge is 0.416 e. The number of hydrogen-bond acceptors (Lipinski definition) is 3. The number of alkyl halides is 3. The standard InChI is InChI=1S/C19H20ClF3N4O/c1-13-16(18(20)25(2)24-13)6-7-17(28)27-10-8-26(9-11-27)15-5-3-4-14(12-15)19(21,22)23/h3-7,12H,8-11H2,1-2H3/b7-6+. The van der Waals surface area contributed by atoms with E-state index in [0.29, 0.717) is 42.6 Å². The van der Waals surface area contributed by atoms with E-state index in [4.69, 9.17) is 11.6 Å². The van der Waals surface area contributed by atoms with Gasteiger partial charge in [-0.3, -0.25) is 9.48 Å². The number of halogens is 4. The molecule has 2 heterocycles. The van der Waals surface area contributed by atoms with Crippen LogP contribution in [-0.2, 0) is 18.0 Å². The van der Waals surface area contributed by atoms with Crippen LogP contribution in [0, 0.1) is 6.92 Å². The minimum absolute atomic E-state index is 0.164. The molecule has 1 aliphatic heterocycles. The highest BCUT2D eigenvalue weighted by molar-refractivity contribution is 6.31. The van der Waals surface area contributed by atoms with Crippen LogP contribution in [0.1, 0.15) is 16.8 Å². The van der Waals surface area contributed by atoms with Crippen molar-refractivity contribution in [2.45, 2.75) is 13.1 Å². The Kier molecular flexibility index (Phi) is 5.69. The van der Waals surface area contributed by atoms with Crippen molar-refractivity contribution in [3.63, 3.8) is 0 Å². The first-order chi connectivity index (χ1) is 13.2. The van der Waals surface area contributed by atoms with E-state index < -0.39 is 11.7 Å². The zero-order chi connectivity index (χ0) is 20.5. The molecule has 1 fully saturated rings. The van der Waals surface area contributed by atoms with Gasteiger partial charge < -0.3 is 9.80 Å². The summed E-state index contributed by atoms with van der Waals surface area (Å²) in [5.41, 5.74) is 1.26. The lowest BCUT2D eigenvalue weighted by Gasteiger charge is -2.35. The fraction of sp³-hybridized carbons (Fsp3) is 0.368. The van der Waals surface area contributed by atoms with E-state index >= 15 is 0 Å². The highest BCUT2D eigenvalue weighted by Gasteiger charge is 2.31. The number of aryl methyl sites for hydroxylation is 2. The highest BCUT2D eigenvalue weighted by atomic mass is 35.5. The third-order valence-corrected chi connectivity index (χ3v) is 5.17. The lowest BCUT2D eigenvalue weighted by Crippen LogP contribution is -2.48. The molecule has 1 saturated heterocycles. The summed E-state index contributed by atoms with van der Waals surface area (Å²) in [6.45, 7) is 3.60. The Labute approximate surface area is 166 Å². The van der Waals surface area contributed by atoms with E-state index in [9.17, 15) is 18.0 Å². The van der Waals surface area contributed by atoms with Gasteiger partial charge >= 0.3 is 6.18 Å².